The molecule has 6 heteroatoms. The van der Waals surface area contributed by atoms with Crippen molar-refractivity contribution < 1.29 is 13.9 Å². The predicted molar refractivity (Wildman–Crippen MR) is 87.0 cm³/mol. The standard InChI is InChI=1S/C18H18FN3O2/c19-14-5-4-13-10-21(11-15-3-1-2-7-20-15)8-6-16-12-24-18(23)22(16)17(13)9-14/h1-5,7,9,16H,6,8,10-12H2/t16-/m0/s1. The van der Waals surface area contributed by atoms with Crippen molar-refractivity contribution in [1.29, 1.82) is 0 Å². The monoisotopic (exact) mass is 327 g/mol. The zero-order chi connectivity index (χ0) is 16.5. The van der Waals surface area contributed by atoms with E-state index in [1.165, 1.54) is 12.1 Å². The van der Waals surface area contributed by atoms with Crippen LogP contribution in [0.25, 0.3) is 0 Å². The van der Waals surface area contributed by atoms with E-state index in [-0.39, 0.29) is 18.0 Å². The molecule has 24 heavy (non-hydrogen) atoms. The third kappa shape index (κ3) is 2.85. The van der Waals surface area contributed by atoms with Crippen LogP contribution in [0, 0.1) is 5.82 Å². The maximum Gasteiger partial charge on any atom is 0.414 e. The first-order valence-corrected chi connectivity index (χ1v) is 8.07. The molecule has 0 bridgehead atoms. The van der Waals surface area contributed by atoms with Gasteiger partial charge in [-0.2, -0.15) is 0 Å². The van der Waals surface area contributed by atoms with E-state index in [4.69, 9.17) is 4.74 Å². The summed E-state index contributed by atoms with van der Waals surface area (Å²) >= 11 is 0. The van der Waals surface area contributed by atoms with Crippen LogP contribution in [-0.4, -0.2) is 35.2 Å². The molecule has 5 nitrogen and oxygen atoms in total. The molecule has 2 aliphatic rings. The van der Waals surface area contributed by atoms with Gasteiger partial charge in [-0.1, -0.05) is 12.1 Å². The molecular formula is C18H18FN3O2. The van der Waals surface area contributed by atoms with Gasteiger partial charge in [0.05, 0.1) is 17.4 Å². The van der Waals surface area contributed by atoms with Gasteiger partial charge in [-0.25, -0.2) is 9.18 Å². The van der Waals surface area contributed by atoms with E-state index < -0.39 is 0 Å². The molecule has 1 aromatic heterocycles. The molecule has 4 rings (SSSR count). The highest BCUT2D eigenvalue weighted by Gasteiger charge is 2.37. The number of halogens is 1. The summed E-state index contributed by atoms with van der Waals surface area (Å²) in [5.41, 5.74) is 2.54. The van der Waals surface area contributed by atoms with Crippen molar-refractivity contribution in [3.63, 3.8) is 0 Å². The number of benzene rings is 1. The van der Waals surface area contributed by atoms with E-state index in [0.29, 0.717) is 18.8 Å². The van der Waals surface area contributed by atoms with Crippen molar-refractivity contribution in [1.82, 2.24) is 9.88 Å². The molecular weight excluding hydrogens is 309 g/mol. The molecule has 2 aliphatic heterocycles. The zero-order valence-corrected chi connectivity index (χ0v) is 13.2. The number of nitrogens with zero attached hydrogens (tertiary/aromatic N) is 3. The first-order chi connectivity index (χ1) is 11.7. The van der Waals surface area contributed by atoms with Crippen LogP contribution in [0.1, 0.15) is 17.7 Å². The minimum Gasteiger partial charge on any atom is -0.447 e. The van der Waals surface area contributed by atoms with Crippen LogP contribution in [-0.2, 0) is 17.8 Å². The number of pyridine rings is 1. The number of cyclic esters (lactones) is 1. The van der Waals surface area contributed by atoms with Gasteiger partial charge in [0.1, 0.15) is 12.4 Å². The van der Waals surface area contributed by atoms with Crippen molar-refractivity contribution in [3.8, 4) is 0 Å². The minimum absolute atomic E-state index is 0.0513. The van der Waals surface area contributed by atoms with Crippen LogP contribution < -0.4 is 4.90 Å². The van der Waals surface area contributed by atoms with Gasteiger partial charge >= 0.3 is 6.09 Å². The lowest BCUT2D eigenvalue weighted by Crippen LogP contribution is -2.40. The van der Waals surface area contributed by atoms with E-state index >= 15 is 0 Å². The molecule has 0 spiro atoms. The Labute approximate surface area is 139 Å². The van der Waals surface area contributed by atoms with Crippen LogP contribution in [0.4, 0.5) is 14.9 Å². The molecule has 124 valence electrons. The van der Waals surface area contributed by atoms with Gasteiger partial charge in [0.2, 0.25) is 0 Å². The number of ether oxygens (including phenoxy) is 1. The number of carbonyl (C=O) groups is 1. The third-order valence-electron chi connectivity index (χ3n) is 4.55. The van der Waals surface area contributed by atoms with Crippen molar-refractivity contribution in [3.05, 3.63) is 59.7 Å². The second-order valence-electron chi connectivity index (χ2n) is 6.19. The van der Waals surface area contributed by atoms with Gasteiger partial charge < -0.3 is 4.74 Å². The summed E-state index contributed by atoms with van der Waals surface area (Å²) in [6.45, 7) is 2.54. The number of anilines is 1. The van der Waals surface area contributed by atoms with Gasteiger partial charge in [-0.3, -0.25) is 14.8 Å². The Morgan fingerprint density at radius 2 is 2.21 bits per heavy atom. The van der Waals surface area contributed by atoms with Crippen LogP contribution in [0.15, 0.2) is 42.6 Å². The fourth-order valence-electron chi connectivity index (χ4n) is 3.37. The van der Waals surface area contributed by atoms with Crippen molar-refractivity contribution >= 4 is 11.8 Å². The quantitative estimate of drug-likeness (QED) is 0.851. The molecule has 1 fully saturated rings. The average Bonchev–Trinajstić information content (AvgIpc) is 2.94. The highest BCUT2D eigenvalue weighted by Crippen LogP contribution is 2.32. The molecule has 1 amide bonds. The molecule has 0 N–H and O–H groups in total. The first-order valence-electron chi connectivity index (χ1n) is 8.07. The normalized spacial score (nSPS) is 20.8. The molecule has 2 aromatic rings. The van der Waals surface area contributed by atoms with Crippen molar-refractivity contribution in [2.45, 2.75) is 25.6 Å². The lowest BCUT2D eigenvalue weighted by Gasteiger charge is -2.32. The van der Waals surface area contributed by atoms with E-state index in [9.17, 15) is 9.18 Å². The smallest absolute Gasteiger partial charge is 0.414 e. The molecule has 1 aromatic carbocycles. The summed E-state index contributed by atoms with van der Waals surface area (Å²) in [5.74, 6) is -0.343. The van der Waals surface area contributed by atoms with Crippen LogP contribution in [0.2, 0.25) is 0 Å². The lowest BCUT2D eigenvalue weighted by molar-refractivity contribution is 0.177. The molecule has 0 radical (unpaired) electrons. The number of hydrogen-bond acceptors (Lipinski definition) is 4. The topological polar surface area (TPSA) is 45.7 Å². The Kier molecular flexibility index (Phi) is 3.90. The number of amides is 1. The first kappa shape index (κ1) is 15.1. The average molecular weight is 327 g/mol. The highest BCUT2D eigenvalue weighted by molar-refractivity contribution is 5.91. The summed E-state index contributed by atoms with van der Waals surface area (Å²) in [6.07, 6.45) is 2.19. The Hall–Kier alpha value is -2.47. The number of fused-ring (bicyclic) bond motifs is 3. The molecule has 1 atom stereocenters. The summed E-state index contributed by atoms with van der Waals surface area (Å²) in [7, 11) is 0. The molecule has 3 heterocycles. The van der Waals surface area contributed by atoms with Gasteiger partial charge in [-0.15, -0.1) is 0 Å². The zero-order valence-electron chi connectivity index (χ0n) is 13.2. The fourth-order valence-corrected chi connectivity index (χ4v) is 3.37. The van der Waals surface area contributed by atoms with Crippen molar-refractivity contribution in [2.24, 2.45) is 0 Å². The summed E-state index contributed by atoms with van der Waals surface area (Å²) in [5, 5.41) is 0. The number of rotatable bonds is 2. The Bertz CT molecular complexity index is 753. The predicted octanol–water partition coefficient (Wildman–Crippen LogP) is 2.95. The Morgan fingerprint density at radius 1 is 1.29 bits per heavy atom. The van der Waals surface area contributed by atoms with Gasteiger partial charge in [0.25, 0.3) is 0 Å². The second kappa shape index (κ2) is 6.20. The molecule has 0 saturated carbocycles. The summed E-state index contributed by atoms with van der Waals surface area (Å²) in [6, 6.07) is 10.4. The van der Waals surface area contributed by atoms with E-state index in [1.54, 1.807) is 17.2 Å². The van der Waals surface area contributed by atoms with E-state index in [1.807, 2.05) is 18.2 Å². The molecule has 0 aliphatic carbocycles. The van der Waals surface area contributed by atoms with Gasteiger partial charge in [0.15, 0.2) is 0 Å². The lowest BCUT2D eigenvalue weighted by atomic mass is 10.0. The largest absolute Gasteiger partial charge is 0.447 e. The van der Waals surface area contributed by atoms with Crippen LogP contribution >= 0.6 is 0 Å². The van der Waals surface area contributed by atoms with Crippen LogP contribution in [0.3, 0.4) is 0 Å². The van der Waals surface area contributed by atoms with E-state index in [0.717, 1.165) is 30.8 Å². The Balaban J connectivity index is 1.66. The number of hydrogen-bond donors (Lipinski definition) is 0. The Morgan fingerprint density at radius 3 is 3.04 bits per heavy atom. The number of carbonyl (C=O) groups excluding carboxylic acids is 1. The highest BCUT2D eigenvalue weighted by atomic mass is 19.1. The fraction of sp³-hybridized carbons (Fsp3) is 0.333. The maximum atomic E-state index is 13.8. The third-order valence-corrected chi connectivity index (χ3v) is 4.55. The summed E-state index contributed by atoms with van der Waals surface area (Å²) < 4.78 is 18.9. The second-order valence-corrected chi connectivity index (χ2v) is 6.19. The van der Waals surface area contributed by atoms with E-state index in [2.05, 4.69) is 9.88 Å². The molecule has 0 unspecified atom stereocenters. The van der Waals surface area contributed by atoms with Crippen molar-refractivity contribution in [2.75, 3.05) is 18.1 Å². The maximum absolute atomic E-state index is 13.8. The SMILES string of the molecule is O=C1OC[C@@H]2CCN(Cc3ccccn3)Cc3ccc(F)cc3N12. The van der Waals surface area contributed by atoms with Crippen LogP contribution in [0.5, 0.6) is 0 Å². The number of aromatic nitrogens is 1. The summed E-state index contributed by atoms with van der Waals surface area (Å²) in [4.78, 5) is 20.3. The van der Waals surface area contributed by atoms with Gasteiger partial charge in [-0.05, 0) is 36.2 Å². The van der Waals surface area contributed by atoms with Gasteiger partial charge in [0, 0.05) is 25.8 Å². The minimum atomic E-state index is -0.384. The molecule has 1 saturated heterocycles.